The monoisotopic (exact) mass is 356 g/mol. The van der Waals surface area contributed by atoms with Crippen LogP contribution in [0.3, 0.4) is 0 Å². The van der Waals surface area contributed by atoms with Crippen molar-refractivity contribution in [1.82, 2.24) is 30.1 Å². The van der Waals surface area contributed by atoms with Gasteiger partial charge in [0, 0.05) is 50.7 Å². The molecule has 8 heteroatoms. The van der Waals surface area contributed by atoms with Gasteiger partial charge in [0.1, 0.15) is 11.0 Å². The number of nitrogens with one attached hydrogen (secondary N) is 1. The summed E-state index contributed by atoms with van der Waals surface area (Å²) in [5, 5.41) is 10.6. The van der Waals surface area contributed by atoms with Crippen LogP contribution in [0.2, 0.25) is 0 Å². The molecule has 0 saturated carbocycles. The number of piperazine rings is 1. The highest BCUT2D eigenvalue weighted by molar-refractivity contribution is 5.97. The van der Waals surface area contributed by atoms with E-state index >= 15 is 0 Å². The van der Waals surface area contributed by atoms with Crippen molar-refractivity contribution in [3.63, 3.8) is 0 Å². The van der Waals surface area contributed by atoms with Crippen molar-refractivity contribution in [2.45, 2.75) is 12.8 Å². The number of aromatic amines is 1. The first-order chi connectivity index (χ1) is 12.6. The van der Waals surface area contributed by atoms with Crippen molar-refractivity contribution in [3.8, 4) is 0 Å². The van der Waals surface area contributed by atoms with Crippen molar-refractivity contribution >= 4 is 22.8 Å². The van der Waals surface area contributed by atoms with Crippen molar-refractivity contribution in [3.05, 3.63) is 23.8 Å². The van der Waals surface area contributed by atoms with Gasteiger partial charge in [-0.2, -0.15) is 15.4 Å². The maximum atomic E-state index is 12.7. The number of likely N-dealkylation sites (N-methyl/N-ethyl adjacent to an activating group) is 1. The number of fused-ring (bicyclic) bond motifs is 1. The molecule has 8 nitrogen and oxygen atoms in total. The van der Waals surface area contributed by atoms with Crippen LogP contribution in [-0.4, -0.2) is 88.2 Å². The van der Waals surface area contributed by atoms with Gasteiger partial charge < -0.3 is 14.7 Å². The standard InChI is InChI=1S/C18H24N6O2/c1-22-8-10-24(11-9-22)17(25)13-4-6-23(7-5-13)18(26)14-2-3-15-16(12-14)20-21-19-15/h2-3,12-13H,4-11H2,1H3,(H,19,20,21). The molecule has 26 heavy (non-hydrogen) atoms. The second-order valence-electron chi connectivity index (χ2n) is 7.22. The fraction of sp³-hybridized carbons (Fsp3) is 0.556. The number of likely N-dealkylation sites (tertiary alicyclic amines) is 1. The number of H-pyrrole nitrogens is 1. The Labute approximate surface area is 152 Å². The van der Waals surface area contributed by atoms with Crippen LogP contribution in [0, 0.1) is 5.92 Å². The summed E-state index contributed by atoms with van der Waals surface area (Å²) in [4.78, 5) is 31.5. The minimum absolute atomic E-state index is 0.000367. The summed E-state index contributed by atoms with van der Waals surface area (Å²) in [6, 6.07) is 5.35. The molecule has 2 saturated heterocycles. The highest BCUT2D eigenvalue weighted by Gasteiger charge is 2.31. The van der Waals surface area contributed by atoms with Crippen LogP contribution in [0.1, 0.15) is 23.2 Å². The number of amides is 2. The Morgan fingerprint density at radius 3 is 2.38 bits per heavy atom. The van der Waals surface area contributed by atoms with Crippen LogP contribution < -0.4 is 0 Å². The van der Waals surface area contributed by atoms with Crippen LogP contribution in [0.25, 0.3) is 11.0 Å². The molecule has 0 unspecified atom stereocenters. The fourth-order valence-electron chi connectivity index (χ4n) is 3.77. The van der Waals surface area contributed by atoms with Crippen molar-refractivity contribution in [2.24, 2.45) is 5.92 Å². The van der Waals surface area contributed by atoms with Gasteiger partial charge in [-0.3, -0.25) is 9.59 Å². The molecule has 2 aliphatic rings. The maximum Gasteiger partial charge on any atom is 0.253 e. The Morgan fingerprint density at radius 2 is 1.65 bits per heavy atom. The number of carbonyl (C=O) groups excluding carboxylic acids is 2. The van der Waals surface area contributed by atoms with E-state index in [9.17, 15) is 9.59 Å². The van der Waals surface area contributed by atoms with Gasteiger partial charge >= 0.3 is 0 Å². The number of benzene rings is 1. The molecule has 0 spiro atoms. The molecule has 3 heterocycles. The van der Waals surface area contributed by atoms with Gasteiger partial charge in [-0.1, -0.05) is 0 Å². The zero-order valence-electron chi connectivity index (χ0n) is 15.0. The summed E-state index contributed by atoms with van der Waals surface area (Å²) in [5.41, 5.74) is 2.06. The predicted molar refractivity (Wildman–Crippen MR) is 96.6 cm³/mol. The number of aromatic nitrogens is 3. The summed E-state index contributed by atoms with van der Waals surface area (Å²) in [7, 11) is 2.09. The van der Waals surface area contributed by atoms with E-state index in [1.165, 1.54) is 0 Å². The molecule has 1 aromatic heterocycles. The molecule has 0 radical (unpaired) electrons. The first-order valence-corrected chi connectivity index (χ1v) is 9.19. The number of hydrogen-bond donors (Lipinski definition) is 1. The molecule has 0 atom stereocenters. The average Bonchev–Trinajstić information content (AvgIpc) is 3.15. The fourth-order valence-corrected chi connectivity index (χ4v) is 3.77. The smallest absolute Gasteiger partial charge is 0.253 e. The topological polar surface area (TPSA) is 85.4 Å². The van der Waals surface area contributed by atoms with Crippen molar-refractivity contribution in [1.29, 1.82) is 0 Å². The Morgan fingerprint density at radius 1 is 0.962 bits per heavy atom. The SMILES string of the molecule is CN1CCN(C(=O)C2CCN(C(=O)c3ccc4n[nH]nc4c3)CC2)CC1. The highest BCUT2D eigenvalue weighted by Crippen LogP contribution is 2.22. The molecule has 2 aliphatic heterocycles. The third-order valence-corrected chi connectivity index (χ3v) is 5.51. The van der Waals surface area contributed by atoms with Crippen LogP contribution in [0.5, 0.6) is 0 Å². The molecular formula is C18H24N6O2. The number of hydrogen-bond acceptors (Lipinski definition) is 5. The number of rotatable bonds is 2. The van der Waals surface area contributed by atoms with Crippen LogP contribution >= 0.6 is 0 Å². The zero-order valence-corrected chi connectivity index (χ0v) is 15.0. The molecule has 0 bridgehead atoms. The number of nitrogens with zero attached hydrogens (tertiary/aromatic N) is 5. The Kier molecular flexibility index (Phi) is 4.58. The summed E-state index contributed by atoms with van der Waals surface area (Å²) in [6.45, 7) is 4.75. The van der Waals surface area contributed by atoms with E-state index in [-0.39, 0.29) is 17.7 Å². The van der Waals surface area contributed by atoms with E-state index in [0.29, 0.717) is 24.2 Å². The molecule has 2 amide bonds. The summed E-state index contributed by atoms with van der Waals surface area (Å²) in [6.07, 6.45) is 1.48. The lowest BCUT2D eigenvalue weighted by molar-refractivity contribution is -0.138. The highest BCUT2D eigenvalue weighted by atomic mass is 16.2. The zero-order chi connectivity index (χ0) is 18.1. The van der Waals surface area contributed by atoms with E-state index in [4.69, 9.17) is 0 Å². The summed E-state index contributed by atoms with van der Waals surface area (Å²) in [5.74, 6) is 0.301. The first-order valence-electron chi connectivity index (χ1n) is 9.19. The minimum Gasteiger partial charge on any atom is -0.340 e. The summed E-state index contributed by atoms with van der Waals surface area (Å²) < 4.78 is 0. The van der Waals surface area contributed by atoms with Gasteiger partial charge in [0.25, 0.3) is 5.91 Å². The lowest BCUT2D eigenvalue weighted by atomic mass is 9.94. The van der Waals surface area contributed by atoms with Crippen molar-refractivity contribution in [2.75, 3.05) is 46.3 Å². The molecule has 138 valence electrons. The van der Waals surface area contributed by atoms with Gasteiger partial charge in [0.2, 0.25) is 5.91 Å². The van der Waals surface area contributed by atoms with Crippen LogP contribution in [0.4, 0.5) is 0 Å². The number of carbonyl (C=O) groups is 2. The van der Waals surface area contributed by atoms with Gasteiger partial charge in [-0.25, -0.2) is 0 Å². The van der Waals surface area contributed by atoms with E-state index < -0.39 is 0 Å². The molecule has 1 N–H and O–H groups in total. The maximum absolute atomic E-state index is 12.7. The largest absolute Gasteiger partial charge is 0.340 e. The third kappa shape index (κ3) is 3.29. The first kappa shape index (κ1) is 17.0. The average molecular weight is 356 g/mol. The lowest BCUT2D eigenvalue weighted by Crippen LogP contribution is -2.51. The Balaban J connectivity index is 1.35. The van der Waals surface area contributed by atoms with Gasteiger partial charge in [-0.05, 0) is 38.1 Å². The summed E-state index contributed by atoms with van der Waals surface area (Å²) >= 11 is 0. The van der Waals surface area contributed by atoms with Gasteiger partial charge in [0.05, 0.1) is 0 Å². The number of piperidine rings is 1. The van der Waals surface area contributed by atoms with Crippen LogP contribution in [0.15, 0.2) is 18.2 Å². The van der Waals surface area contributed by atoms with Crippen LogP contribution in [-0.2, 0) is 4.79 Å². The van der Waals surface area contributed by atoms with E-state index in [1.807, 2.05) is 9.80 Å². The molecule has 2 aromatic rings. The molecule has 1 aromatic carbocycles. The van der Waals surface area contributed by atoms with E-state index in [2.05, 4.69) is 27.4 Å². The molecular weight excluding hydrogens is 332 g/mol. The molecule has 2 fully saturated rings. The minimum atomic E-state index is 0.000367. The van der Waals surface area contributed by atoms with Gasteiger partial charge in [0.15, 0.2) is 0 Å². The second kappa shape index (κ2) is 7.03. The third-order valence-electron chi connectivity index (χ3n) is 5.51. The molecule has 0 aliphatic carbocycles. The predicted octanol–water partition coefficient (Wildman–Crippen LogP) is 0.584. The lowest BCUT2D eigenvalue weighted by Gasteiger charge is -2.37. The second-order valence-corrected chi connectivity index (χ2v) is 7.22. The quantitative estimate of drug-likeness (QED) is 0.851. The normalized spacial score (nSPS) is 19.9. The molecule has 4 rings (SSSR count). The Hall–Kier alpha value is -2.48. The van der Waals surface area contributed by atoms with E-state index in [0.717, 1.165) is 44.5 Å². The van der Waals surface area contributed by atoms with E-state index in [1.54, 1.807) is 18.2 Å². The van der Waals surface area contributed by atoms with Gasteiger partial charge in [-0.15, -0.1) is 0 Å². The Bertz CT molecular complexity index is 803. The van der Waals surface area contributed by atoms with Crippen molar-refractivity contribution < 1.29 is 9.59 Å².